The van der Waals surface area contributed by atoms with Gasteiger partial charge < -0.3 is 19.4 Å². The number of nitrogens with zero attached hydrogens (tertiary/aromatic N) is 1. The van der Waals surface area contributed by atoms with Crippen molar-refractivity contribution in [2.45, 2.75) is 85.7 Å². The highest BCUT2D eigenvalue weighted by molar-refractivity contribution is 5.85. The lowest BCUT2D eigenvalue weighted by Crippen LogP contribution is -2.32. The van der Waals surface area contributed by atoms with Gasteiger partial charge in [-0.25, -0.2) is 9.78 Å². The Hall–Kier alpha value is -2.58. The molecule has 8 heteroatoms. The first-order valence-corrected chi connectivity index (χ1v) is 11.9. The van der Waals surface area contributed by atoms with E-state index in [1.165, 1.54) is 13.8 Å². The van der Waals surface area contributed by atoms with E-state index >= 15 is 0 Å². The van der Waals surface area contributed by atoms with Crippen LogP contribution < -0.4 is 10.1 Å². The number of fused-ring (bicyclic) bond motifs is 1. The first kappa shape index (κ1) is 27.7. The van der Waals surface area contributed by atoms with Crippen molar-refractivity contribution in [2.75, 3.05) is 13.7 Å². The van der Waals surface area contributed by atoms with Crippen LogP contribution >= 0.6 is 0 Å². The molecular weight excluding hydrogens is 436 g/mol. The number of esters is 1. The van der Waals surface area contributed by atoms with Crippen LogP contribution in [0.5, 0.6) is 5.75 Å². The van der Waals surface area contributed by atoms with E-state index in [0.717, 1.165) is 28.6 Å². The molecule has 8 nitrogen and oxygen atoms in total. The SMILES string of the molecule is COc1ccc2c(c1)c(CCNC(C)=O)cn2C(CC(C)C)OOC(C)(C)CC(C)OC(C)=O. The minimum Gasteiger partial charge on any atom is -0.497 e. The predicted molar refractivity (Wildman–Crippen MR) is 131 cm³/mol. The van der Waals surface area contributed by atoms with E-state index in [0.29, 0.717) is 25.3 Å². The molecule has 2 unspecified atom stereocenters. The predicted octanol–water partition coefficient (Wildman–Crippen LogP) is 4.94. The fraction of sp³-hybridized carbons (Fsp3) is 0.615. The van der Waals surface area contributed by atoms with E-state index in [2.05, 4.69) is 29.9 Å². The van der Waals surface area contributed by atoms with E-state index in [1.807, 2.05) is 39.0 Å². The number of hydrogen-bond acceptors (Lipinski definition) is 6. The fourth-order valence-corrected chi connectivity index (χ4v) is 4.08. The molecule has 1 aromatic heterocycles. The van der Waals surface area contributed by atoms with Crippen molar-refractivity contribution >= 4 is 22.8 Å². The molecule has 0 saturated carbocycles. The largest absolute Gasteiger partial charge is 0.497 e. The highest BCUT2D eigenvalue weighted by Gasteiger charge is 2.28. The van der Waals surface area contributed by atoms with Gasteiger partial charge in [0.15, 0.2) is 6.23 Å². The summed E-state index contributed by atoms with van der Waals surface area (Å²) in [5.41, 5.74) is 1.42. The molecule has 0 aliphatic heterocycles. The minimum absolute atomic E-state index is 0.0547. The average molecular weight is 477 g/mol. The Morgan fingerprint density at radius 1 is 1.15 bits per heavy atom. The number of benzene rings is 1. The Morgan fingerprint density at radius 2 is 1.85 bits per heavy atom. The number of methoxy groups -OCH3 is 1. The summed E-state index contributed by atoms with van der Waals surface area (Å²) in [5, 5.41) is 3.91. The molecule has 190 valence electrons. The lowest BCUT2D eigenvalue weighted by Gasteiger charge is -2.30. The van der Waals surface area contributed by atoms with Gasteiger partial charge in [-0.15, -0.1) is 0 Å². The summed E-state index contributed by atoms with van der Waals surface area (Å²) in [4.78, 5) is 34.6. The van der Waals surface area contributed by atoms with Gasteiger partial charge in [0.25, 0.3) is 0 Å². The van der Waals surface area contributed by atoms with Crippen molar-refractivity contribution in [1.29, 1.82) is 0 Å². The van der Waals surface area contributed by atoms with Gasteiger partial charge in [-0.1, -0.05) is 13.8 Å². The topological polar surface area (TPSA) is 88.0 Å². The average Bonchev–Trinajstić information content (AvgIpc) is 3.07. The summed E-state index contributed by atoms with van der Waals surface area (Å²) in [6.45, 7) is 13.4. The van der Waals surface area contributed by atoms with Gasteiger partial charge in [0.1, 0.15) is 17.5 Å². The quantitative estimate of drug-likeness (QED) is 0.250. The van der Waals surface area contributed by atoms with Gasteiger partial charge in [-0.3, -0.25) is 9.59 Å². The van der Waals surface area contributed by atoms with E-state index in [9.17, 15) is 9.59 Å². The molecule has 1 aromatic carbocycles. The third kappa shape index (κ3) is 8.33. The Morgan fingerprint density at radius 3 is 2.44 bits per heavy atom. The van der Waals surface area contributed by atoms with Crippen molar-refractivity contribution in [1.82, 2.24) is 9.88 Å². The van der Waals surface area contributed by atoms with Crippen LogP contribution in [0.2, 0.25) is 0 Å². The summed E-state index contributed by atoms with van der Waals surface area (Å²) in [5.74, 6) is 0.753. The van der Waals surface area contributed by atoms with Crippen LogP contribution in [0.1, 0.15) is 73.1 Å². The molecule has 0 fully saturated rings. The standard InChI is InChI=1S/C26H40N2O6/c1-17(2)13-25(33-34-26(6,7)15-18(3)32-20(5)30)28-16-21(11-12-27-19(4)29)23-14-22(31-8)9-10-24(23)28/h9-10,14,16-18,25H,11-13,15H2,1-8H3,(H,27,29). The molecule has 0 saturated heterocycles. The Labute approximate surface area is 202 Å². The van der Waals surface area contributed by atoms with Gasteiger partial charge in [0.05, 0.1) is 12.6 Å². The van der Waals surface area contributed by atoms with Crippen molar-refractivity contribution in [2.24, 2.45) is 5.92 Å². The molecule has 2 atom stereocenters. The molecule has 0 aliphatic rings. The zero-order chi connectivity index (χ0) is 25.5. The number of amides is 1. The molecule has 1 amide bonds. The molecule has 0 radical (unpaired) electrons. The second kappa shape index (κ2) is 12.2. The summed E-state index contributed by atoms with van der Waals surface area (Å²) in [6.07, 6.45) is 3.31. The molecule has 2 rings (SSSR count). The number of carbonyl (C=O) groups is 2. The van der Waals surface area contributed by atoms with Crippen LogP contribution in [0, 0.1) is 5.92 Å². The number of carbonyl (C=O) groups excluding carboxylic acids is 2. The smallest absolute Gasteiger partial charge is 0.302 e. The van der Waals surface area contributed by atoms with E-state index in [1.54, 1.807) is 7.11 Å². The number of rotatable bonds is 13. The van der Waals surface area contributed by atoms with Gasteiger partial charge >= 0.3 is 5.97 Å². The van der Waals surface area contributed by atoms with Crippen LogP contribution in [-0.4, -0.2) is 41.8 Å². The van der Waals surface area contributed by atoms with Crippen LogP contribution in [0.25, 0.3) is 10.9 Å². The van der Waals surface area contributed by atoms with Crippen molar-refractivity contribution < 1.29 is 28.8 Å². The van der Waals surface area contributed by atoms with E-state index in [-0.39, 0.29) is 24.2 Å². The lowest BCUT2D eigenvalue weighted by atomic mass is 10.0. The van der Waals surface area contributed by atoms with Crippen molar-refractivity contribution in [3.8, 4) is 5.75 Å². The minimum atomic E-state index is -0.662. The van der Waals surface area contributed by atoms with Gasteiger partial charge in [0, 0.05) is 38.4 Å². The van der Waals surface area contributed by atoms with E-state index < -0.39 is 5.60 Å². The van der Waals surface area contributed by atoms with Crippen molar-refractivity contribution in [3.05, 3.63) is 30.0 Å². The Bertz CT molecular complexity index is 966. The normalized spacial score (nSPS) is 13.7. The second-order valence-electron chi connectivity index (χ2n) is 9.83. The van der Waals surface area contributed by atoms with Crippen molar-refractivity contribution in [3.63, 3.8) is 0 Å². The summed E-state index contributed by atoms with van der Waals surface area (Å²) < 4.78 is 12.8. The summed E-state index contributed by atoms with van der Waals surface area (Å²) in [6, 6.07) is 5.95. The highest BCUT2D eigenvalue weighted by atomic mass is 17.2. The van der Waals surface area contributed by atoms with Crippen LogP contribution in [-0.2, 0) is 30.5 Å². The monoisotopic (exact) mass is 476 g/mol. The molecule has 2 aromatic rings. The highest BCUT2D eigenvalue weighted by Crippen LogP contribution is 2.33. The molecule has 34 heavy (non-hydrogen) atoms. The van der Waals surface area contributed by atoms with Gasteiger partial charge in [0.2, 0.25) is 5.91 Å². The maximum Gasteiger partial charge on any atom is 0.302 e. The maximum atomic E-state index is 11.3. The molecule has 1 heterocycles. The number of nitrogens with one attached hydrogen (secondary N) is 1. The number of hydrogen-bond donors (Lipinski definition) is 1. The van der Waals surface area contributed by atoms with Gasteiger partial charge in [-0.2, -0.15) is 0 Å². The molecule has 0 bridgehead atoms. The second-order valence-corrected chi connectivity index (χ2v) is 9.83. The summed E-state index contributed by atoms with van der Waals surface area (Å²) in [7, 11) is 1.65. The Balaban J connectivity index is 2.32. The summed E-state index contributed by atoms with van der Waals surface area (Å²) >= 11 is 0. The maximum absolute atomic E-state index is 11.3. The molecule has 0 aliphatic carbocycles. The number of aromatic nitrogens is 1. The first-order valence-electron chi connectivity index (χ1n) is 11.9. The zero-order valence-electron chi connectivity index (χ0n) is 21.8. The van der Waals surface area contributed by atoms with E-state index in [4.69, 9.17) is 19.2 Å². The lowest BCUT2D eigenvalue weighted by molar-refractivity contribution is -0.397. The third-order valence-electron chi connectivity index (χ3n) is 5.41. The molecular formula is C26H40N2O6. The fourth-order valence-electron chi connectivity index (χ4n) is 4.08. The third-order valence-corrected chi connectivity index (χ3v) is 5.41. The number of ether oxygens (including phenoxy) is 2. The molecule has 0 spiro atoms. The first-order chi connectivity index (χ1) is 15.9. The van der Waals surface area contributed by atoms with Crippen LogP contribution in [0.3, 0.4) is 0 Å². The zero-order valence-corrected chi connectivity index (χ0v) is 21.8. The van der Waals surface area contributed by atoms with Gasteiger partial charge in [-0.05, 0) is 63.3 Å². The Kier molecular flexibility index (Phi) is 9.94. The van der Waals surface area contributed by atoms with Crippen LogP contribution in [0.15, 0.2) is 24.4 Å². The van der Waals surface area contributed by atoms with Crippen LogP contribution in [0.4, 0.5) is 0 Å². The molecule has 1 N–H and O–H groups in total.